The molecule has 0 saturated heterocycles. The van der Waals surface area contributed by atoms with E-state index in [4.69, 9.17) is 4.74 Å². The lowest BCUT2D eigenvalue weighted by Crippen LogP contribution is -2.13. The van der Waals surface area contributed by atoms with Crippen molar-refractivity contribution >= 4 is 5.97 Å². The van der Waals surface area contributed by atoms with Crippen LogP contribution in [0, 0.1) is 23.7 Å². The average Bonchev–Trinajstić information content (AvgIpc) is 2.84. The normalized spacial score (nSPS) is 33.8. The molecule has 0 amide bonds. The van der Waals surface area contributed by atoms with Gasteiger partial charge in [0.2, 0.25) is 0 Å². The van der Waals surface area contributed by atoms with Gasteiger partial charge in [-0.15, -0.1) is 0 Å². The van der Waals surface area contributed by atoms with Crippen molar-refractivity contribution in [1.29, 1.82) is 0 Å². The molecule has 0 heterocycles. The molecule has 0 aromatic carbocycles. The van der Waals surface area contributed by atoms with E-state index in [2.05, 4.69) is 33.1 Å². The minimum atomic E-state index is -0.176. The van der Waals surface area contributed by atoms with Crippen LogP contribution < -0.4 is 0 Å². The monoisotopic (exact) mass is 246 g/mol. The fourth-order valence-corrected chi connectivity index (χ4v) is 3.62. The second-order valence-corrected chi connectivity index (χ2v) is 5.77. The van der Waals surface area contributed by atoms with E-state index in [1.54, 1.807) is 0 Å². The molecule has 2 nitrogen and oxygen atoms in total. The summed E-state index contributed by atoms with van der Waals surface area (Å²) in [5.41, 5.74) is 3.29. The third kappa shape index (κ3) is 2.05. The Kier molecular flexibility index (Phi) is 3.47. The highest BCUT2D eigenvalue weighted by Gasteiger charge is 2.46. The molecular weight excluding hydrogens is 224 g/mol. The van der Waals surface area contributed by atoms with E-state index in [-0.39, 0.29) is 5.97 Å². The summed E-state index contributed by atoms with van der Waals surface area (Å²) in [5.74, 6) is 1.77. The molecule has 18 heavy (non-hydrogen) atoms. The highest BCUT2D eigenvalue weighted by Crippen LogP contribution is 2.53. The van der Waals surface area contributed by atoms with Crippen molar-refractivity contribution in [3.05, 3.63) is 36.0 Å². The second-order valence-electron chi connectivity index (χ2n) is 5.77. The van der Waals surface area contributed by atoms with Crippen molar-refractivity contribution in [2.45, 2.75) is 26.7 Å². The Morgan fingerprint density at radius 1 is 1.28 bits per heavy atom. The van der Waals surface area contributed by atoms with Gasteiger partial charge >= 0.3 is 5.97 Å². The molecule has 2 heteroatoms. The fraction of sp³-hybridized carbons (Fsp3) is 0.562. The van der Waals surface area contributed by atoms with E-state index in [0.717, 1.165) is 18.4 Å². The Labute approximate surface area is 109 Å². The minimum absolute atomic E-state index is 0.176. The molecule has 0 aromatic rings. The lowest BCUT2D eigenvalue weighted by Gasteiger charge is -2.19. The van der Waals surface area contributed by atoms with Crippen molar-refractivity contribution < 1.29 is 9.53 Å². The first kappa shape index (κ1) is 13.1. The molecule has 1 saturated carbocycles. The first-order chi connectivity index (χ1) is 8.45. The third-order valence-corrected chi connectivity index (χ3v) is 4.55. The average molecular weight is 246 g/mol. The fourth-order valence-electron chi connectivity index (χ4n) is 3.62. The Morgan fingerprint density at radius 2 is 1.89 bits per heavy atom. The van der Waals surface area contributed by atoms with Crippen LogP contribution in [0.3, 0.4) is 0 Å². The smallest absolute Gasteiger partial charge is 0.333 e. The van der Waals surface area contributed by atoms with E-state index in [1.807, 2.05) is 0 Å². The van der Waals surface area contributed by atoms with Crippen molar-refractivity contribution in [1.82, 2.24) is 0 Å². The lowest BCUT2D eigenvalue weighted by atomic mass is 9.85. The third-order valence-electron chi connectivity index (χ3n) is 4.55. The van der Waals surface area contributed by atoms with Crippen molar-refractivity contribution in [2.75, 3.05) is 7.11 Å². The summed E-state index contributed by atoms with van der Waals surface area (Å²) in [4.78, 5) is 11.7. The Balaban J connectivity index is 2.27. The number of hydrogen-bond donors (Lipinski definition) is 0. The van der Waals surface area contributed by atoms with Gasteiger partial charge in [-0.25, -0.2) is 4.79 Å². The molecular formula is C16H22O2. The zero-order valence-corrected chi connectivity index (χ0v) is 11.5. The van der Waals surface area contributed by atoms with Crippen LogP contribution in [0.4, 0.5) is 0 Å². The van der Waals surface area contributed by atoms with Gasteiger partial charge in [-0.05, 0) is 50.4 Å². The number of esters is 1. The Bertz CT molecular complexity index is 430. The van der Waals surface area contributed by atoms with Gasteiger partial charge in [-0.1, -0.05) is 30.4 Å². The first-order valence-electron chi connectivity index (χ1n) is 6.55. The minimum Gasteiger partial charge on any atom is -0.466 e. The number of rotatable bonds is 3. The van der Waals surface area contributed by atoms with Crippen molar-refractivity contribution in [3.8, 4) is 0 Å². The summed E-state index contributed by atoms with van der Waals surface area (Å²) < 4.78 is 4.84. The van der Waals surface area contributed by atoms with Crippen molar-refractivity contribution in [2.24, 2.45) is 23.7 Å². The molecule has 0 aromatic heterocycles. The van der Waals surface area contributed by atoms with E-state index in [9.17, 15) is 4.79 Å². The molecule has 2 rings (SSSR count). The number of fused-ring (bicyclic) bond motifs is 1. The first-order valence-corrected chi connectivity index (χ1v) is 6.55. The molecule has 0 N–H and O–H groups in total. The van der Waals surface area contributed by atoms with Crippen LogP contribution in [0.2, 0.25) is 0 Å². The largest absolute Gasteiger partial charge is 0.466 e. The summed E-state index contributed by atoms with van der Waals surface area (Å²) in [5, 5.41) is 0. The topological polar surface area (TPSA) is 26.3 Å². The number of hydrogen-bond acceptors (Lipinski definition) is 2. The van der Waals surface area contributed by atoms with Crippen LogP contribution in [0.25, 0.3) is 0 Å². The molecule has 2 aliphatic carbocycles. The molecule has 0 spiro atoms. The maximum absolute atomic E-state index is 11.7. The Morgan fingerprint density at radius 3 is 2.39 bits per heavy atom. The van der Waals surface area contributed by atoms with E-state index >= 15 is 0 Å². The van der Waals surface area contributed by atoms with Gasteiger partial charge in [0, 0.05) is 5.57 Å². The van der Waals surface area contributed by atoms with E-state index in [0.29, 0.717) is 23.7 Å². The highest BCUT2D eigenvalue weighted by atomic mass is 16.5. The van der Waals surface area contributed by atoms with Gasteiger partial charge in [-0.3, -0.25) is 0 Å². The lowest BCUT2D eigenvalue weighted by molar-refractivity contribution is -0.136. The molecule has 98 valence electrons. The predicted molar refractivity (Wildman–Crippen MR) is 72.9 cm³/mol. The van der Waals surface area contributed by atoms with E-state index in [1.165, 1.54) is 18.3 Å². The number of ether oxygens (including phenoxy) is 1. The SMILES string of the molecule is C=C(C)C1CC(C(=C)C)C2CC(C(=O)OC)=CC12. The molecule has 1 fully saturated rings. The number of carbonyl (C=O) groups is 1. The number of methoxy groups -OCH3 is 1. The van der Waals surface area contributed by atoms with Gasteiger partial charge < -0.3 is 4.74 Å². The number of carbonyl (C=O) groups excluding carboxylic acids is 1. The number of allylic oxidation sites excluding steroid dienone is 3. The zero-order valence-electron chi connectivity index (χ0n) is 11.5. The van der Waals surface area contributed by atoms with Crippen LogP contribution in [-0.4, -0.2) is 13.1 Å². The summed E-state index contributed by atoms with van der Waals surface area (Å²) >= 11 is 0. The molecule has 2 aliphatic rings. The predicted octanol–water partition coefficient (Wildman–Crippen LogP) is 3.51. The van der Waals surface area contributed by atoms with Crippen LogP contribution in [-0.2, 0) is 9.53 Å². The van der Waals surface area contributed by atoms with E-state index < -0.39 is 0 Å². The van der Waals surface area contributed by atoms with Gasteiger partial charge in [0.05, 0.1) is 7.11 Å². The van der Waals surface area contributed by atoms with Crippen LogP contribution in [0.1, 0.15) is 26.7 Å². The van der Waals surface area contributed by atoms with Gasteiger partial charge in [0.15, 0.2) is 0 Å². The molecule has 0 aliphatic heterocycles. The van der Waals surface area contributed by atoms with Gasteiger partial charge in [-0.2, -0.15) is 0 Å². The molecule has 0 radical (unpaired) electrons. The molecule has 4 atom stereocenters. The van der Waals surface area contributed by atoms with Gasteiger partial charge in [0.1, 0.15) is 0 Å². The zero-order chi connectivity index (χ0) is 13.4. The van der Waals surface area contributed by atoms with Crippen molar-refractivity contribution in [3.63, 3.8) is 0 Å². The van der Waals surface area contributed by atoms with Crippen LogP contribution in [0.5, 0.6) is 0 Å². The quantitative estimate of drug-likeness (QED) is 0.562. The maximum Gasteiger partial charge on any atom is 0.333 e. The summed E-state index contributed by atoms with van der Waals surface area (Å²) in [6.45, 7) is 12.4. The second kappa shape index (κ2) is 4.75. The van der Waals surface area contributed by atoms with Gasteiger partial charge in [0.25, 0.3) is 0 Å². The highest BCUT2D eigenvalue weighted by molar-refractivity contribution is 5.89. The maximum atomic E-state index is 11.7. The molecule has 0 bridgehead atoms. The standard InChI is InChI=1S/C16H22O2/c1-9(2)12-8-13(10(3)4)15-7-11(6-14(12)15)16(17)18-5/h6,12-15H,1,3,7-8H2,2,4-5H3. The van der Waals surface area contributed by atoms with Crippen LogP contribution >= 0.6 is 0 Å². The summed E-state index contributed by atoms with van der Waals surface area (Å²) in [6.07, 6.45) is 4.09. The Hall–Kier alpha value is -1.31. The summed E-state index contributed by atoms with van der Waals surface area (Å²) in [7, 11) is 1.45. The summed E-state index contributed by atoms with van der Waals surface area (Å²) in [6, 6.07) is 0. The van der Waals surface area contributed by atoms with Crippen LogP contribution in [0.15, 0.2) is 36.0 Å². The molecule has 4 unspecified atom stereocenters.